The number of hydrogen-bond donors (Lipinski definition) is 0. The van der Waals surface area contributed by atoms with Crippen molar-refractivity contribution in [3.8, 4) is 11.2 Å². The van der Waals surface area contributed by atoms with Crippen molar-refractivity contribution >= 4 is 10.1 Å². The van der Waals surface area contributed by atoms with Crippen molar-refractivity contribution in [1.29, 1.82) is 0 Å². The summed E-state index contributed by atoms with van der Waals surface area (Å²) in [4.78, 5) is 0. The van der Waals surface area contributed by atoms with Gasteiger partial charge in [-0.2, -0.15) is 0 Å². The molecule has 8 heavy (non-hydrogen) atoms. The van der Waals surface area contributed by atoms with Crippen LogP contribution in [0.3, 0.4) is 0 Å². The molecule has 0 atom stereocenters. The monoisotopic (exact) mass is 142 g/mol. The fourth-order valence-corrected chi connectivity index (χ4v) is 0.375. The first-order valence-corrected chi connectivity index (χ1v) is 2.86. The SMILES string of the molecule is CC#CS(=O)(=O)[O-].[Na+]. The molecule has 0 aliphatic heterocycles. The molecule has 0 aromatic carbocycles. The van der Waals surface area contributed by atoms with Crippen LogP contribution in [0.5, 0.6) is 0 Å². The van der Waals surface area contributed by atoms with Gasteiger partial charge in [0.25, 0.3) is 0 Å². The van der Waals surface area contributed by atoms with Crippen molar-refractivity contribution in [2.24, 2.45) is 0 Å². The maximum atomic E-state index is 9.50. The average molecular weight is 142 g/mol. The Hall–Kier alpha value is 0.470. The van der Waals surface area contributed by atoms with Crippen LogP contribution in [-0.4, -0.2) is 13.0 Å². The van der Waals surface area contributed by atoms with Gasteiger partial charge in [-0.05, 0) is 6.92 Å². The Morgan fingerprint density at radius 3 is 1.88 bits per heavy atom. The average Bonchev–Trinajstić information content (AvgIpc) is 1.30. The molecule has 0 saturated heterocycles. The van der Waals surface area contributed by atoms with Gasteiger partial charge in [-0.15, -0.1) is 0 Å². The van der Waals surface area contributed by atoms with Gasteiger partial charge in [-0.3, -0.25) is 0 Å². The standard InChI is InChI=1S/C3H4O3S.Na/c1-2-3-7(4,5)6;/h1H3,(H,4,5,6);/q;+1/p-1. The molecule has 0 spiro atoms. The van der Waals surface area contributed by atoms with Gasteiger partial charge in [0, 0.05) is 5.25 Å². The summed E-state index contributed by atoms with van der Waals surface area (Å²) in [6.07, 6.45) is 0. The van der Waals surface area contributed by atoms with E-state index in [1.807, 2.05) is 5.92 Å². The van der Waals surface area contributed by atoms with E-state index in [-0.39, 0.29) is 29.6 Å². The molecule has 5 heteroatoms. The van der Waals surface area contributed by atoms with Crippen molar-refractivity contribution in [3.05, 3.63) is 0 Å². The van der Waals surface area contributed by atoms with E-state index in [4.69, 9.17) is 0 Å². The van der Waals surface area contributed by atoms with E-state index in [1.54, 1.807) is 0 Å². The Balaban J connectivity index is 0. The van der Waals surface area contributed by atoms with Crippen molar-refractivity contribution in [2.75, 3.05) is 0 Å². The van der Waals surface area contributed by atoms with Crippen LogP contribution in [0.15, 0.2) is 0 Å². The van der Waals surface area contributed by atoms with E-state index in [2.05, 4.69) is 0 Å². The second kappa shape index (κ2) is 4.36. The minimum absolute atomic E-state index is 0. The summed E-state index contributed by atoms with van der Waals surface area (Å²) in [5, 5.41) is 1.45. The molecular weight excluding hydrogens is 139 g/mol. The van der Waals surface area contributed by atoms with Gasteiger partial charge in [-0.25, -0.2) is 8.42 Å². The number of hydrogen-bond acceptors (Lipinski definition) is 3. The van der Waals surface area contributed by atoms with Crippen LogP contribution in [0, 0.1) is 11.2 Å². The molecule has 0 unspecified atom stereocenters. The van der Waals surface area contributed by atoms with Crippen LogP contribution >= 0.6 is 0 Å². The van der Waals surface area contributed by atoms with E-state index in [0.29, 0.717) is 0 Å². The van der Waals surface area contributed by atoms with E-state index in [9.17, 15) is 13.0 Å². The van der Waals surface area contributed by atoms with Crippen LogP contribution in [-0.2, 0) is 10.1 Å². The molecular formula is C3H3NaO3S. The molecule has 0 N–H and O–H groups in total. The molecule has 0 fully saturated rings. The van der Waals surface area contributed by atoms with Crippen LogP contribution in [0.4, 0.5) is 0 Å². The predicted molar refractivity (Wildman–Crippen MR) is 23.1 cm³/mol. The summed E-state index contributed by atoms with van der Waals surface area (Å²) in [5.74, 6) is 1.96. The van der Waals surface area contributed by atoms with E-state index in [0.717, 1.165) is 0 Å². The molecule has 3 nitrogen and oxygen atoms in total. The molecule has 0 aliphatic rings. The fraction of sp³-hybridized carbons (Fsp3) is 0.333. The third kappa shape index (κ3) is 9.69. The zero-order valence-electron chi connectivity index (χ0n) is 4.63. The second-order valence-corrected chi connectivity index (χ2v) is 1.92. The minimum Gasteiger partial charge on any atom is -0.738 e. The molecule has 0 heterocycles. The van der Waals surface area contributed by atoms with Crippen molar-refractivity contribution in [3.63, 3.8) is 0 Å². The Bertz CT molecular complexity index is 194. The van der Waals surface area contributed by atoms with Crippen LogP contribution in [0.25, 0.3) is 0 Å². The quantitative estimate of drug-likeness (QED) is 0.200. The summed E-state index contributed by atoms with van der Waals surface area (Å²) in [6.45, 7) is 1.29. The number of rotatable bonds is 0. The molecule has 40 valence electrons. The van der Waals surface area contributed by atoms with Crippen molar-refractivity contribution < 1.29 is 42.5 Å². The van der Waals surface area contributed by atoms with Gasteiger partial charge >= 0.3 is 29.6 Å². The Morgan fingerprint density at radius 1 is 1.50 bits per heavy atom. The summed E-state index contributed by atoms with van der Waals surface area (Å²) in [7, 11) is -4.29. The Labute approximate surface area is 70.5 Å². The van der Waals surface area contributed by atoms with Gasteiger partial charge in [0.05, 0.1) is 0 Å². The first-order chi connectivity index (χ1) is 3.06. The van der Waals surface area contributed by atoms with Crippen LogP contribution in [0.1, 0.15) is 6.92 Å². The molecule has 0 saturated carbocycles. The second-order valence-electron chi connectivity index (χ2n) is 0.806. The molecule has 0 bridgehead atoms. The molecule has 0 aromatic heterocycles. The molecule has 0 amide bonds. The Morgan fingerprint density at radius 2 is 1.88 bits per heavy atom. The molecule has 0 radical (unpaired) electrons. The first-order valence-electron chi connectivity index (χ1n) is 1.45. The minimum atomic E-state index is -4.29. The van der Waals surface area contributed by atoms with Gasteiger partial charge in [0.1, 0.15) is 0 Å². The topological polar surface area (TPSA) is 57.2 Å². The summed E-state index contributed by atoms with van der Waals surface area (Å²) < 4.78 is 28.5. The third-order valence-electron chi connectivity index (χ3n) is 0.227. The van der Waals surface area contributed by atoms with Gasteiger partial charge < -0.3 is 4.55 Å². The maximum absolute atomic E-state index is 9.50. The van der Waals surface area contributed by atoms with Gasteiger partial charge in [-0.1, -0.05) is 5.92 Å². The zero-order valence-corrected chi connectivity index (χ0v) is 7.45. The zero-order chi connectivity index (χ0) is 5.91. The van der Waals surface area contributed by atoms with Crippen LogP contribution < -0.4 is 29.6 Å². The largest absolute Gasteiger partial charge is 1.00 e. The van der Waals surface area contributed by atoms with Gasteiger partial charge in [0.2, 0.25) is 0 Å². The maximum Gasteiger partial charge on any atom is 1.00 e. The third-order valence-corrected chi connectivity index (χ3v) is 0.681. The van der Waals surface area contributed by atoms with E-state index >= 15 is 0 Å². The fourth-order valence-electron chi connectivity index (χ4n) is 0.125. The van der Waals surface area contributed by atoms with Gasteiger partial charge in [0.15, 0.2) is 10.1 Å². The summed E-state index contributed by atoms with van der Waals surface area (Å²) in [5.41, 5.74) is 0. The molecule has 0 rings (SSSR count). The summed E-state index contributed by atoms with van der Waals surface area (Å²) >= 11 is 0. The summed E-state index contributed by atoms with van der Waals surface area (Å²) in [6, 6.07) is 0. The Kier molecular flexibility index (Phi) is 6.15. The van der Waals surface area contributed by atoms with Crippen molar-refractivity contribution in [1.82, 2.24) is 0 Å². The van der Waals surface area contributed by atoms with Crippen LogP contribution in [0.2, 0.25) is 0 Å². The van der Waals surface area contributed by atoms with E-state index in [1.165, 1.54) is 12.2 Å². The molecule has 0 aromatic rings. The molecule has 0 aliphatic carbocycles. The first kappa shape index (κ1) is 11.3. The van der Waals surface area contributed by atoms with Crippen molar-refractivity contribution in [2.45, 2.75) is 6.92 Å². The normalized spacial score (nSPS) is 8.25. The smallest absolute Gasteiger partial charge is 0.738 e. The van der Waals surface area contributed by atoms with E-state index < -0.39 is 10.1 Å². The predicted octanol–water partition coefficient (Wildman–Crippen LogP) is -3.48.